The molecule has 0 spiro atoms. The molecule has 2 aromatic heterocycles. The maximum Gasteiger partial charge on any atom is 0.267 e. The first kappa shape index (κ1) is 15.3. The Bertz CT molecular complexity index is 672. The van der Waals surface area contributed by atoms with E-state index in [1.165, 1.54) is 23.9 Å². The van der Waals surface area contributed by atoms with Crippen LogP contribution in [0.15, 0.2) is 29.1 Å². The molecule has 0 aliphatic heterocycles. The maximum atomic E-state index is 11.8. The molecule has 1 N–H and O–H groups in total. The average Bonchev–Trinajstić information content (AvgIpc) is 2.50. The van der Waals surface area contributed by atoms with Gasteiger partial charge in [0.2, 0.25) is 5.88 Å². The molecule has 6 nitrogen and oxygen atoms in total. The lowest BCUT2D eigenvalue weighted by atomic mass is 10.3. The zero-order valence-corrected chi connectivity index (χ0v) is 12.7. The molecule has 0 aromatic carbocycles. The zero-order valence-electron chi connectivity index (χ0n) is 12.0. The smallest absolute Gasteiger partial charge is 0.267 e. The highest BCUT2D eigenvalue weighted by Gasteiger charge is 2.08. The standard InChI is InChI=1S/C14H17ClN4O2/c1-3-8-16-12-5-4-10(15)11(17-12)9-19-14(20)7-6-13(18-19)21-2/h4-7H,3,8-9H2,1-2H3,(H,16,17). The van der Waals surface area contributed by atoms with Gasteiger partial charge in [-0.3, -0.25) is 4.79 Å². The summed E-state index contributed by atoms with van der Waals surface area (Å²) in [7, 11) is 1.50. The van der Waals surface area contributed by atoms with Gasteiger partial charge in [-0.2, -0.15) is 0 Å². The predicted octanol–water partition coefficient (Wildman–Crippen LogP) is 2.17. The van der Waals surface area contributed by atoms with Crippen LogP contribution in [-0.2, 0) is 6.54 Å². The second kappa shape index (κ2) is 7.08. The van der Waals surface area contributed by atoms with Gasteiger partial charge in [0.1, 0.15) is 5.82 Å². The summed E-state index contributed by atoms with van der Waals surface area (Å²) in [5.41, 5.74) is 0.348. The Balaban J connectivity index is 2.28. The van der Waals surface area contributed by atoms with Crippen LogP contribution in [0.1, 0.15) is 19.0 Å². The minimum Gasteiger partial charge on any atom is -0.480 e. The van der Waals surface area contributed by atoms with Gasteiger partial charge in [-0.1, -0.05) is 18.5 Å². The summed E-state index contributed by atoms with van der Waals surface area (Å²) >= 11 is 6.14. The maximum absolute atomic E-state index is 11.8. The Morgan fingerprint density at radius 2 is 2.14 bits per heavy atom. The van der Waals surface area contributed by atoms with Gasteiger partial charge in [0, 0.05) is 18.7 Å². The predicted molar refractivity (Wildman–Crippen MR) is 82.2 cm³/mol. The Hall–Kier alpha value is -2.08. The van der Waals surface area contributed by atoms with E-state index >= 15 is 0 Å². The lowest BCUT2D eigenvalue weighted by Gasteiger charge is -2.10. The summed E-state index contributed by atoms with van der Waals surface area (Å²) in [6, 6.07) is 6.49. The monoisotopic (exact) mass is 308 g/mol. The fourth-order valence-corrected chi connectivity index (χ4v) is 1.91. The second-order valence-electron chi connectivity index (χ2n) is 4.42. The van der Waals surface area contributed by atoms with Gasteiger partial charge in [-0.15, -0.1) is 5.10 Å². The number of halogens is 1. The fourth-order valence-electron chi connectivity index (χ4n) is 1.74. The highest BCUT2D eigenvalue weighted by atomic mass is 35.5. The van der Waals surface area contributed by atoms with Crippen LogP contribution < -0.4 is 15.6 Å². The molecule has 21 heavy (non-hydrogen) atoms. The number of pyridine rings is 1. The van der Waals surface area contributed by atoms with Gasteiger partial charge in [0.15, 0.2) is 0 Å². The van der Waals surface area contributed by atoms with E-state index in [1.54, 1.807) is 6.07 Å². The van der Waals surface area contributed by atoms with E-state index in [9.17, 15) is 4.79 Å². The van der Waals surface area contributed by atoms with Crippen LogP contribution in [0.25, 0.3) is 0 Å². The SMILES string of the molecule is CCCNc1ccc(Cl)c(Cn2nc(OC)ccc2=O)n1. The van der Waals surface area contributed by atoms with Crippen molar-refractivity contribution in [3.8, 4) is 5.88 Å². The van der Waals surface area contributed by atoms with E-state index in [4.69, 9.17) is 16.3 Å². The van der Waals surface area contributed by atoms with Crippen LogP contribution in [0.3, 0.4) is 0 Å². The van der Waals surface area contributed by atoms with E-state index in [1.807, 2.05) is 6.07 Å². The first-order valence-electron chi connectivity index (χ1n) is 6.65. The number of rotatable bonds is 6. The van der Waals surface area contributed by atoms with Crippen LogP contribution in [0.4, 0.5) is 5.82 Å². The van der Waals surface area contributed by atoms with Crippen LogP contribution in [0, 0.1) is 0 Å². The highest BCUT2D eigenvalue weighted by molar-refractivity contribution is 6.31. The third-order valence-corrected chi connectivity index (χ3v) is 3.17. The number of methoxy groups -OCH3 is 1. The summed E-state index contributed by atoms with van der Waals surface area (Å²) in [5, 5.41) is 7.76. The molecule has 0 bridgehead atoms. The van der Waals surface area contributed by atoms with Gasteiger partial charge < -0.3 is 10.1 Å². The Morgan fingerprint density at radius 1 is 1.33 bits per heavy atom. The summed E-state index contributed by atoms with van der Waals surface area (Å²) in [4.78, 5) is 16.2. The van der Waals surface area contributed by atoms with Crippen LogP contribution >= 0.6 is 11.6 Å². The van der Waals surface area contributed by atoms with Crippen molar-refractivity contribution in [1.82, 2.24) is 14.8 Å². The van der Waals surface area contributed by atoms with E-state index in [0.717, 1.165) is 18.8 Å². The Labute approximate surface area is 127 Å². The summed E-state index contributed by atoms with van der Waals surface area (Å²) < 4.78 is 6.29. The summed E-state index contributed by atoms with van der Waals surface area (Å²) in [6.45, 7) is 3.09. The molecule has 0 unspecified atom stereocenters. The van der Waals surface area contributed by atoms with Crippen LogP contribution in [-0.4, -0.2) is 28.4 Å². The van der Waals surface area contributed by atoms with Gasteiger partial charge >= 0.3 is 0 Å². The number of ether oxygens (including phenoxy) is 1. The number of anilines is 1. The Morgan fingerprint density at radius 3 is 2.86 bits per heavy atom. The van der Waals surface area contributed by atoms with E-state index < -0.39 is 0 Å². The largest absolute Gasteiger partial charge is 0.480 e. The van der Waals surface area contributed by atoms with Crippen molar-refractivity contribution in [1.29, 1.82) is 0 Å². The molecule has 0 radical (unpaired) electrons. The topological polar surface area (TPSA) is 69.0 Å². The molecular weight excluding hydrogens is 292 g/mol. The van der Waals surface area contributed by atoms with Crippen molar-refractivity contribution in [3.05, 3.63) is 45.3 Å². The molecule has 2 heterocycles. The number of nitrogens with one attached hydrogen (secondary N) is 1. The molecule has 112 valence electrons. The van der Waals surface area contributed by atoms with Gasteiger partial charge in [0.25, 0.3) is 5.56 Å². The molecule has 0 fully saturated rings. The van der Waals surface area contributed by atoms with Crippen molar-refractivity contribution in [2.24, 2.45) is 0 Å². The number of aromatic nitrogens is 3. The Kier molecular flexibility index (Phi) is 5.16. The second-order valence-corrected chi connectivity index (χ2v) is 4.83. The first-order chi connectivity index (χ1) is 10.1. The molecule has 0 atom stereocenters. The van der Waals surface area contributed by atoms with E-state index in [-0.39, 0.29) is 12.1 Å². The summed E-state index contributed by atoms with van der Waals surface area (Å²) in [5.74, 6) is 1.10. The van der Waals surface area contributed by atoms with Crippen molar-refractivity contribution < 1.29 is 4.74 Å². The van der Waals surface area contributed by atoms with Gasteiger partial charge in [-0.25, -0.2) is 9.67 Å². The van der Waals surface area contributed by atoms with Crippen LogP contribution in [0.2, 0.25) is 5.02 Å². The number of nitrogens with zero attached hydrogens (tertiary/aromatic N) is 3. The van der Waals surface area contributed by atoms with Crippen molar-refractivity contribution >= 4 is 17.4 Å². The fraction of sp³-hybridized carbons (Fsp3) is 0.357. The summed E-state index contributed by atoms with van der Waals surface area (Å²) in [6.07, 6.45) is 0.997. The lowest BCUT2D eigenvalue weighted by Crippen LogP contribution is -2.23. The molecule has 0 aliphatic carbocycles. The molecule has 0 saturated carbocycles. The minimum absolute atomic E-state index is 0.191. The van der Waals surface area contributed by atoms with Gasteiger partial charge in [-0.05, 0) is 18.6 Å². The first-order valence-corrected chi connectivity index (χ1v) is 7.03. The average molecular weight is 309 g/mol. The van der Waals surface area contributed by atoms with E-state index in [0.29, 0.717) is 16.6 Å². The van der Waals surface area contributed by atoms with Crippen molar-refractivity contribution in [2.75, 3.05) is 19.0 Å². The normalized spacial score (nSPS) is 10.4. The molecule has 0 saturated heterocycles. The zero-order chi connectivity index (χ0) is 15.2. The molecule has 2 rings (SSSR count). The molecule has 0 aliphatic rings. The quantitative estimate of drug-likeness (QED) is 0.885. The number of hydrogen-bond donors (Lipinski definition) is 1. The molecule has 2 aromatic rings. The van der Waals surface area contributed by atoms with E-state index in [2.05, 4.69) is 22.3 Å². The highest BCUT2D eigenvalue weighted by Crippen LogP contribution is 2.17. The van der Waals surface area contributed by atoms with Crippen molar-refractivity contribution in [2.45, 2.75) is 19.9 Å². The molecule has 0 amide bonds. The lowest BCUT2D eigenvalue weighted by molar-refractivity contribution is 0.378. The molecule has 7 heteroatoms. The van der Waals surface area contributed by atoms with Gasteiger partial charge in [0.05, 0.1) is 24.4 Å². The number of hydrogen-bond acceptors (Lipinski definition) is 5. The molecular formula is C14H17ClN4O2. The van der Waals surface area contributed by atoms with Crippen molar-refractivity contribution in [3.63, 3.8) is 0 Å². The van der Waals surface area contributed by atoms with Crippen LogP contribution in [0.5, 0.6) is 5.88 Å². The third kappa shape index (κ3) is 3.95. The third-order valence-electron chi connectivity index (χ3n) is 2.83. The minimum atomic E-state index is -0.236.